The summed E-state index contributed by atoms with van der Waals surface area (Å²) in [6.45, 7) is 3.09. The number of benzene rings is 1. The molecule has 0 aliphatic carbocycles. The van der Waals surface area contributed by atoms with E-state index in [1.165, 1.54) is 0 Å². The first-order chi connectivity index (χ1) is 11.0. The van der Waals surface area contributed by atoms with Crippen LogP contribution in [0, 0.1) is 0 Å². The molecule has 6 heteroatoms. The molecule has 1 amide bonds. The van der Waals surface area contributed by atoms with Gasteiger partial charge in [-0.3, -0.25) is 4.79 Å². The molecule has 1 aromatic carbocycles. The van der Waals surface area contributed by atoms with Crippen molar-refractivity contribution in [2.45, 2.75) is 24.9 Å². The zero-order chi connectivity index (χ0) is 16.7. The fraction of sp³-hybridized carbons (Fsp3) is 0.588. The molecule has 0 spiro atoms. The molecular weight excluding hydrogens is 294 g/mol. The summed E-state index contributed by atoms with van der Waals surface area (Å²) in [4.78, 5) is 14.3. The van der Waals surface area contributed by atoms with Gasteiger partial charge in [0.05, 0.1) is 5.54 Å². The highest BCUT2D eigenvalue weighted by molar-refractivity contribution is 5.86. The SMILES string of the molecule is CN(C)CCOc1ccc(CNC(=O)C2(N)CCOCC2)cc1. The van der Waals surface area contributed by atoms with E-state index in [0.717, 1.165) is 17.9 Å². The molecule has 3 N–H and O–H groups in total. The number of nitrogens with two attached hydrogens (primary N) is 1. The van der Waals surface area contributed by atoms with Crippen LogP contribution in [0.15, 0.2) is 24.3 Å². The Morgan fingerprint density at radius 3 is 2.57 bits per heavy atom. The minimum atomic E-state index is -0.798. The zero-order valence-electron chi connectivity index (χ0n) is 14.0. The maximum atomic E-state index is 12.2. The third-order valence-corrected chi connectivity index (χ3v) is 4.02. The van der Waals surface area contributed by atoms with Gasteiger partial charge in [0.25, 0.3) is 0 Å². The number of likely N-dealkylation sites (N-methyl/N-ethyl adjacent to an activating group) is 1. The molecule has 1 heterocycles. The van der Waals surface area contributed by atoms with Crippen LogP contribution >= 0.6 is 0 Å². The van der Waals surface area contributed by atoms with Crippen molar-refractivity contribution in [1.82, 2.24) is 10.2 Å². The van der Waals surface area contributed by atoms with Crippen molar-refractivity contribution in [3.05, 3.63) is 29.8 Å². The van der Waals surface area contributed by atoms with Crippen LogP contribution in [0.3, 0.4) is 0 Å². The molecule has 0 aromatic heterocycles. The predicted molar refractivity (Wildman–Crippen MR) is 89.3 cm³/mol. The summed E-state index contributed by atoms with van der Waals surface area (Å²) in [7, 11) is 4.02. The van der Waals surface area contributed by atoms with Gasteiger partial charge in [-0.05, 0) is 44.6 Å². The largest absolute Gasteiger partial charge is 0.492 e. The number of ether oxygens (including phenoxy) is 2. The fourth-order valence-corrected chi connectivity index (χ4v) is 2.37. The standard InChI is InChI=1S/C17H27N3O3/c1-20(2)9-12-23-15-5-3-14(4-6-15)13-19-16(21)17(18)7-10-22-11-8-17/h3-6H,7-13,18H2,1-2H3,(H,19,21). The number of amides is 1. The summed E-state index contributed by atoms with van der Waals surface area (Å²) >= 11 is 0. The second kappa shape index (κ2) is 8.29. The first-order valence-corrected chi connectivity index (χ1v) is 8.01. The summed E-state index contributed by atoms with van der Waals surface area (Å²) < 4.78 is 10.9. The van der Waals surface area contributed by atoms with Crippen molar-refractivity contribution in [3.8, 4) is 5.75 Å². The van der Waals surface area contributed by atoms with E-state index in [4.69, 9.17) is 15.2 Å². The quantitative estimate of drug-likeness (QED) is 0.775. The average Bonchev–Trinajstić information content (AvgIpc) is 2.54. The molecule has 128 valence electrons. The van der Waals surface area contributed by atoms with Gasteiger partial charge < -0.3 is 25.4 Å². The molecular formula is C17H27N3O3. The van der Waals surface area contributed by atoms with Gasteiger partial charge in [-0.2, -0.15) is 0 Å². The molecule has 1 saturated heterocycles. The molecule has 1 aliphatic heterocycles. The molecule has 0 bridgehead atoms. The number of nitrogens with one attached hydrogen (secondary N) is 1. The Balaban J connectivity index is 1.78. The van der Waals surface area contributed by atoms with E-state index in [1.54, 1.807) is 0 Å². The lowest BCUT2D eigenvalue weighted by molar-refractivity contribution is -0.129. The van der Waals surface area contributed by atoms with Crippen molar-refractivity contribution in [2.75, 3.05) is 40.5 Å². The highest BCUT2D eigenvalue weighted by Gasteiger charge is 2.35. The van der Waals surface area contributed by atoms with Gasteiger partial charge >= 0.3 is 0 Å². The van der Waals surface area contributed by atoms with Crippen molar-refractivity contribution < 1.29 is 14.3 Å². The van der Waals surface area contributed by atoms with Crippen LogP contribution in [0.5, 0.6) is 5.75 Å². The first kappa shape index (κ1) is 17.7. The molecule has 2 rings (SSSR count). The molecule has 1 aromatic rings. The average molecular weight is 321 g/mol. The van der Waals surface area contributed by atoms with Crippen LogP contribution in [-0.2, 0) is 16.1 Å². The van der Waals surface area contributed by atoms with Gasteiger partial charge in [0.15, 0.2) is 0 Å². The van der Waals surface area contributed by atoms with Crippen molar-refractivity contribution in [1.29, 1.82) is 0 Å². The molecule has 0 unspecified atom stereocenters. The zero-order valence-corrected chi connectivity index (χ0v) is 14.0. The van der Waals surface area contributed by atoms with Crippen LogP contribution in [0.4, 0.5) is 0 Å². The minimum absolute atomic E-state index is 0.105. The van der Waals surface area contributed by atoms with E-state index < -0.39 is 5.54 Å². The minimum Gasteiger partial charge on any atom is -0.492 e. The Morgan fingerprint density at radius 2 is 1.96 bits per heavy atom. The lowest BCUT2D eigenvalue weighted by atomic mass is 9.90. The van der Waals surface area contributed by atoms with Crippen LogP contribution < -0.4 is 15.8 Å². The van der Waals surface area contributed by atoms with E-state index in [0.29, 0.717) is 39.2 Å². The maximum absolute atomic E-state index is 12.2. The third-order valence-electron chi connectivity index (χ3n) is 4.02. The smallest absolute Gasteiger partial charge is 0.240 e. The van der Waals surface area contributed by atoms with E-state index in [2.05, 4.69) is 10.2 Å². The lowest BCUT2D eigenvalue weighted by Gasteiger charge is -2.31. The summed E-state index contributed by atoms with van der Waals surface area (Å²) in [6, 6.07) is 7.75. The molecule has 0 radical (unpaired) electrons. The summed E-state index contributed by atoms with van der Waals surface area (Å²) in [5.41, 5.74) is 6.38. The number of carbonyl (C=O) groups excluding carboxylic acids is 1. The molecule has 23 heavy (non-hydrogen) atoms. The Hall–Kier alpha value is -1.63. The lowest BCUT2D eigenvalue weighted by Crippen LogP contribution is -2.56. The molecule has 1 fully saturated rings. The highest BCUT2D eigenvalue weighted by atomic mass is 16.5. The normalized spacial score (nSPS) is 17.0. The number of nitrogens with zero attached hydrogens (tertiary/aromatic N) is 1. The fourth-order valence-electron chi connectivity index (χ4n) is 2.37. The number of hydrogen-bond acceptors (Lipinski definition) is 5. The predicted octanol–water partition coefficient (Wildman–Crippen LogP) is 0.751. The van der Waals surface area contributed by atoms with Gasteiger partial charge in [-0.1, -0.05) is 12.1 Å². The van der Waals surface area contributed by atoms with E-state index >= 15 is 0 Å². The second-order valence-corrected chi connectivity index (χ2v) is 6.25. The van der Waals surface area contributed by atoms with Crippen LogP contribution in [-0.4, -0.2) is 56.8 Å². The van der Waals surface area contributed by atoms with Crippen molar-refractivity contribution in [2.24, 2.45) is 5.73 Å². The monoisotopic (exact) mass is 321 g/mol. The number of hydrogen-bond donors (Lipinski definition) is 2. The Bertz CT molecular complexity index is 496. The highest BCUT2D eigenvalue weighted by Crippen LogP contribution is 2.18. The number of rotatable bonds is 7. The summed E-state index contributed by atoms with van der Waals surface area (Å²) in [6.07, 6.45) is 1.13. The topological polar surface area (TPSA) is 76.8 Å². The molecule has 1 aliphatic rings. The van der Waals surface area contributed by atoms with Crippen molar-refractivity contribution in [3.63, 3.8) is 0 Å². The van der Waals surface area contributed by atoms with E-state index in [-0.39, 0.29) is 5.91 Å². The Kier molecular flexibility index (Phi) is 6.38. The third kappa shape index (κ3) is 5.49. The van der Waals surface area contributed by atoms with Gasteiger partial charge in [0.1, 0.15) is 12.4 Å². The first-order valence-electron chi connectivity index (χ1n) is 8.01. The Labute approximate surface area is 137 Å². The molecule has 0 saturated carbocycles. The van der Waals surface area contributed by atoms with E-state index in [9.17, 15) is 4.79 Å². The van der Waals surface area contributed by atoms with Gasteiger partial charge in [0, 0.05) is 26.3 Å². The van der Waals surface area contributed by atoms with Gasteiger partial charge in [0.2, 0.25) is 5.91 Å². The van der Waals surface area contributed by atoms with E-state index in [1.807, 2.05) is 38.4 Å². The molecule has 0 atom stereocenters. The van der Waals surface area contributed by atoms with Crippen LogP contribution in [0.2, 0.25) is 0 Å². The van der Waals surface area contributed by atoms with Crippen molar-refractivity contribution >= 4 is 5.91 Å². The maximum Gasteiger partial charge on any atom is 0.240 e. The van der Waals surface area contributed by atoms with Crippen LogP contribution in [0.1, 0.15) is 18.4 Å². The summed E-state index contributed by atoms with van der Waals surface area (Å²) in [5.74, 6) is 0.730. The van der Waals surface area contributed by atoms with Gasteiger partial charge in [-0.25, -0.2) is 0 Å². The van der Waals surface area contributed by atoms with Crippen LogP contribution in [0.25, 0.3) is 0 Å². The second-order valence-electron chi connectivity index (χ2n) is 6.25. The van der Waals surface area contributed by atoms with Gasteiger partial charge in [-0.15, -0.1) is 0 Å². The molecule has 6 nitrogen and oxygen atoms in total. The Morgan fingerprint density at radius 1 is 1.30 bits per heavy atom. The number of carbonyl (C=O) groups is 1. The summed E-state index contributed by atoms with van der Waals surface area (Å²) in [5, 5.41) is 2.92.